The van der Waals surface area contributed by atoms with E-state index in [-0.39, 0.29) is 32.2 Å². The van der Waals surface area contributed by atoms with Gasteiger partial charge in [0.15, 0.2) is 0 Å². The molecule has 0 aromatic rings. The van der Waals surface area contributed by atoms with E-state index >= 15 is 0 Å². The van der Waals surface area contributed by atoms with Gasteiger partial charge in [0, 0.05) is 12.8 Å². The number of ether oxygens (including phenoxy) is 3. The fourth-order valence-electron chi connectivity index (χ4n) is 2.68. The molecule has 2 atom stereocenters. The minimum absolute atomic E-state index is 0.0195. The maximum Gasteiger partial charge on any atom is 0.329 e. The number of hydrogen-bond donors (Lipinski definition) is 3. The van der Waals surface area contributed by atoms with Crippen LogP contribution in [-0.4, -0.2) is 70.3 Å². The fraction of sp³-hybridized carbons (Fsp3) is 0.792. The molecule has 202 valence electrons. The average Bonchev–Trinajstić information content (AvgIpc) is 2.60. The van der Waals surface area contributed by atoms with Gasteiger partial charge in [0.2, 0.25) is 5.91 Å². The van der Waals surface area contributed by atoms with Gasteiger partial charge < -0.3 is 24.6 Å². The number of rotatable bonds is 12. The van der Waals surface area contributed by atoms with Gasteiger partial charge in [-0.25, -0.2) is 4.79 Å². The number of carbonyl (C=O) groups excluding carboxylic acids is 4. The molecule has 0 rings (SSSR count). The van der Waals surface area contributed by atoms with Crippen molar-refractivity contribution in [3.63, 3.8) is 0 Å². The lowest BCUT2D eigenvalue weighted by Gasteiger charge is -2.26. The molecular weight excluding hydrogens is 460 g/mol. The molecule has 0 saturated carbocycles. The summed E-state index contributed by atoms with van der Waals surface area (Å²) >= 11 is 0. The topological polar surface area (TPSA) is 157 Å². The van der Waals surface area contributed by atoms with E-state index < -0.39 is 58.7 Å². The van der Waals surface area contributed by atoms with E-state index in [0.29, 0.717) is 0 Å². The monoisotopic (exact) mass is 502 g/mol. The van der Waals surface area contributed by atoms with Gasteiger partial charge >= 0.3 is 23.9 Å². The van der Waals surface area contributed by atoms with Crippen molar-refractivity contribution in [2.45, 2.75) is 117 Å². The summed E-state index contributed by atoms with van der Waals surface area (Å²) in [4.78, 5) is 60.6. The van der Waals surface area contributed by atoms with Crippen LogP contribution in [0.5, 0.6) is 0 Å². The van der Waals surface area contributed by atoms with Crippen LogP contribution in [0.3, 0.4) is 0 Å². The number of hydrogen-bond acceptors (Lipinski definition) is 9. The van der Waals surface area contributed by atoms with E-state index in [1.54, 1.807) is 62.3 Å². The van der Waals surface area contributed by atoms with Gasteiger partial charge in [0.1, 0.15) is 28.9 Å². The van der Waals surface area contributed by atoms with E-state index in [2.05, 4.69) is 10.6 Å². The number of carbonyl (C=O) groups is 5. The first-order valence-corrected chi connectivity index (χ1v) is 11.6. The van der Waals surface area contributed by atoms with Crippen molar-refractivity contribution < 1.29 is 43.3 Å². The van der Waals surface area contributed by atoms with Crippen molar-refractivity contribution in [3.8, 4) is 0 Å². The van der Waals surface area contributed by atoms with Crippen LogP contribution in [0.1, 0.15) is 88.0 Å². The van der Waals surface area contributed by atoms with Gasteiger partial charge in [-0.1, -0.05) is 0 Å². The molecule has 0 aliphatic rings. The second-order valence-electron chi connectivity index (χ2n) is 11.2. The van der Waals surface area contributed by atoms with Crippen molar-refractivity contribution in [1.82, 2.24) is 10.6 Å². The van der Waals surface area contributed by atoms with Crippen molar-refractivity contribution >= 4 is 29.8 Å². The second kappa shape index (κ2) is 13.4. The first kappa shape index (κ1) is 32.3. The summed E-state index contributed by atoms with van der Waals surface area (Å²) < 4.78 is 15.9. The Labute approximate surface area is 207 Å². The predicted octanol–water partition coefficient (Wildman–Crippen LogP) is 2.10. The third-order valence-corrected chi connectivity index (χ3v) is 3.93. The summed E-state index contributed by atoms with van der Waals surface area (Å²) in [5.41, 5.74) is -2.30. The van der Waals surface area contributed by atoms with Crippen LogP contribution in [0.2, 0.25) is 0 Å². The number of nitrogens with one attached hydrogen (secondary N) is 2. The molecule has 0 spiro atoms. The molecule has 2 unspecified atom stereocenters. The Kier molecular flexibility index (Phi) is 12.4. The summed E-state index contributed by atoms with van der Waals surface area (Å²) in [6.07, 6.45) is -0.585. The Morgan fingerprint density at radius 2 is 1.11 bits per heavy atom. The molecule has 0 aromatic carbocycles. The van der Waals surface area contributed by atoms with Gasteiger partial charge in [0.25, 0.3) is 0 Å². The highest BCUT2D eigenvalue weighted by molar-refractivity contribution is 5.86. The molecule has 0 aromatic heterocycles. The van der Waals surface area contributed by atoms with Crippen LogP contribution in [0.15, 0.2) is 0 Å². The third kappa shape index (κ3) is 17.4. The zero-order valence-corrected chi connectivity index (χ0v) is 22.4. The number of esters is 3. The van der Waals surface area contributed by atoms with E-state index in [0.717, 1.165) is 0 Å². The van der Waals surface area contributed by atoms with Gasteiger partial charge in [-0.2, -0.15) is 0 Å². The summed E-state index contributed by atoms with van der Waals surface area (Å²) in [6.45, 7) is 14.8. The highest BCUT2D eigenvalue weighted by atomic mass is 16.6. The molecule has 0 radical (unpaired) electrons. The van der Waals surface area contributed by atoms with Crippen LogP contribution in [0, 0.1) is 0 Å². The first-order chi connectivity index (χ1) is 15.7. The number of aliphatic carboxylic acids is 1. The summed E-state index contributed by atoms with van der Waals surface area (Å²) in [5.74, 6) is -3.70. The lowest BCUT2D eigenvalue weighted by Crippen LogP contribution is -2.50. The Balaban J connectivity index is 5.25. The number of amides is 1. The minimum Gasteiger partial charge on any atom is -0.481 e. The van der Waals surface area contributed by atoms with Crippen LogP contribution in [0.25, 0.3) is 0 Å². The van der Waals surface area contributed by atoms with E-state index in [1.807, 2.05) is 0 Å². The first-order valence-electron chi connectivity index (χ1n) is 11.6. The molecular formula is C24H42N2O9. The van der Waals surface area contributed by atoms with Crippen LogP contribution >= 0.6 is 0 Å². The van der Waals surface area contributed by atoms with Crippen LogP contribution < -0.4 is 10.6 Å². The van der Waals surface area contributed by atoms with Crippen molar-refractivity contribution in [3.05, 3.63) is 0 Å². The van der Waals surface area contributed by atoms with Crippen molar-refractivity contribution in [2.75, 3.05) is 6.54 Å². The molecule has 11 heteroatoms. The van der Waals surface area contributed by atoms with Crippen molar-refractivity contribution in [1.29, 1.82) is 0 Å². The fourth-order valence-corrected chi connectivity index (χ4v) is 2.68. The van der Waals surface area contributed by atoms with Crippen LogP contribution in [0.4, 0.5) is 0 Å². The smallest absolute Gasteiger partial charge is 0.329 e. The number of carboxylic acid groups (broad SMARTS) is 1. The van der Waals surface area contributed by atoms with E-state index in [1.165, 1.54) is 0 Å². The zero-order valence-electron chi connectivity index (χ0n) is 22.4. The third-order valence-electron chi connectivity index (χ3n) is 3.93. The minimum atomic E-state index is -1.18. The largest absolute Gasteiger partial charge is 0.481 e. The highest BCUT2D eigenvalue weighted by Crippen LogP contribution is 2.14. The van der Waals surface area contributed by atoms with Gasteiger partial charge in [-0.05, 0) is 75.2 Å². The quantitative estimate of drug-likeness (QED) is 0.267. The second-order valence-corrected chi connectivity index (χ2v) is 11.2. The molecule has 3 N–H and O–H groups in total. The molecule has 0 bridgehead atoms. The highest BCUT2D eigenvalue weighted by Gasteiger charge is 2.30. The van der Waals surface area contributed by atoms with Gasteiger partial charge in [-0.3, -0.25) is 24.5 Å². The standard InChI is InChI=1S/C24H42N2O9/c1-22(2,3)33-19(30)13-11-15(20(31)34-23(4,5)6)25-14-17(27)26-16(10-12-18(28)29)21(32)35-24(7,8)9/h15-16,25H,10-14H2,1-9H3,(H,26,27)(H,28,29). The Bertz CT molecular complexity index is 758. The molecule has 11 nitrogen and oxygen atoms in total. The Morgan fingerprint density at radius 1 is 0.686 bits per heavy atom. The SMILES string of the molecule is CC(C)(C)OC(=O)CCC(NCC(=O)NC(CCC(=O)O)C(=O)OC(C)(C)C)C(=O)OC(C)(C)C. The Hall–Kier alpha value is -2.69. The molecule has 0 aliphatic heterocycles. The predicted molar refractivity (Wildman–Crippen MR) is 127 cm³/mol. The van der Waals surface area contributed by atoms with E-state index in [9.17, 15) is 24.0 Å². The van der Waals surface area contributed by atoms with Crippen molar-refractivity contribution in [2.24, 2.45) is 0 Å². The lowest BCUT2D eigenvalue weighted by molar-refractivity contribution is -0.161. The average molecular weight is 503 g/mol. The molecule has 35 heavy (non-hydrogen) atoms. The Morgan fingerprint density at radius 3 is 1.54 bits per heavy atom. The lowest BCUT2D eigenvalue weighted by atomic mass is 10.1. The van der Waals surface area contributed by atoms with E-state index in [4.69, 9.17) is 19.3 Å². The summed E-state index contributed by atoms with van der Waals surface area (Å²) in [5, 5.41) is 14.2. The maximum absolute atomic E-state index is 12.6. The molecule has 0 saturated heterocycles. The zero-order chi connectivity index (χ0) is 27.6. The molecule has 0 heterocycles. The van der Waals surface area contributed by atoms with Gasteiger partial charge in [-0.15, -0.1) is 0 Å². The summed E-state index contributed by atoms with van der Waals surface area (Å²) in [6, 6.07) is -2.17. The van der Waals surface area contributed by atoms with Crippen LogP contribution in [-0.2, 0) is 38.2 Å². The summed E-state index contributed by atoms with van der Waals surface area (Å²) in [7, 11) is 0. The number of carboxylic acids is 1. The molecule has 0 aliphatic carbocycles. The normalized spacial score (nSPS) is 13.9. The molecule has 0 fully saturated rings. The molecule has 1 amide bonds. The van der Waals surface area contributed by atoms with Gasteiger partial charge in [0.05, 0.1) is 6.54 Å². The maximum atomic E-state index is 12.6.